The predicted molar refractivity (Wildman–Crippen MR) is 92.8 cm³/mol. The van der Waals surface area contributed by atoms with Crippen LogP contribution >= 0.6 is 0 Å². The van der Waals surface area contributed by atoms with Crippen molar-refractivity contribution >= 4 is 23.3 Å². The molecule has 0 radical (unpaired) electrons. The molecular formula is C15H24N6O4. The third kappa shape index (κ3) is 5.24. The van der Waals surface area contributed by atoms with E-state index in [9.17, 15) is 14.9 Å². The van der Waals surface area contributed by atoms with Gasteiger partial charge >= 0.3 is 11.7 Å². The van der Waals surface area contributed by atoms with Crippen molar-refractivity contribution in [1.82, 2.24) is 14.9 Å². The molecule has 0 bridgehead atoms. The molecule has 1 N–H and O–H groups in total. The fourth-order valence-electron chi connectivity index (χ4n) is 2.45. The number of carbonyl (C=O) groups excluding carboxylic acids is 1. The molecule has 1 aliphatic heterocycles. The molecule has 10 nitrogen and oxygen atoms in total. The Labute approximate surface area is 146 Å². The Morgan fingerprint density at radius 2 is 2.08 bits per heavy atom. The minimum Gasteiger partial charge on any atom is -0.464 e. The summed E-state index contributed by atoms with van der Waals surface area (Å²) in [5.74, 6) is -0.168. The van der Waals surface area contributed by atoms with E-state index in [2.05, 4.69) is 20.2 Å². The van der Waals surface area contributed by atoms with Gasteiger partial charge in [-0.05, 0) is 13.5 Å². The molecule has 1 aliphatic rings. The summed E-state index contributed by atoms with van der Waals surface area (Å²) < 4.78 is 5.03. The first-order chi connectivity index (χ1) is 12.0. The summed E-state index contributed by atoms with van der Waals surface area (Å²) in [6, 6.07) is 0. The van der Waals surface area contributed by atoms with E-state index in [0.29, 0.717) is 19.7 Å². The number of piperazine rings is 1. The number of hydrogen-bond acceptors (Lipinski definition) is 9. The van der Waals surface area contributed by atoms with Crippen molar-refractivity contribution in [2.75, 3.05) is 56.6 Å². The molecule has 2 heterocycles. The minimum absolute atomic E-state index is 0.0290. The maximum absolute atomic E-state index is 11.7. The number of rotatable bonds is 8. The Bertz CT molecular complexity index is 604. The molecule has 25 heavy (non-hydrogen) atoms. The lowest BCUT2D eigenvalue weighted by molar-refractivity contribution is -0.383. The molecule has 0 aliphatic carbocycles. The molecule has 10 heteroatoms. The molecule has 0 spiro atoms. The van der Waals surface area contributed by atoms with Gasteiger partial charge in [-0.1, -0.05) is 13.3 Å². The van der Waals surface area contributed by atoms with Crippen molar-refractivity contribution in [2.45, 2.75) is 19.8 Å². The molecule has 1 aromatic heterocycles. The number of nitro groups is 1. The Hall–Kier alpha value is -2.49. The van der Waals surface area contributed by atoms with Gasteiger partial charge < -0.3 is 19.9 Å². The van der Waals surface area contributed by atoms with Gasteiger partial charge in [0.1, 0.15) is 12.9 Å². The monoisotopic (exact) mass is 352 g/mol. The summed E-state index contributed by atoms with van der Waals surface area (Å²) in [7, 11) is 2.00. The van der Waals surface area contributed by atoms with Crippen LogP contribution in [0.15, 0.2) is 6.33 Å². The third-order valence-corrected chi connectivity index (χ3v) is 3.95. The summed E-state index contributed by atoms with van der Waals surface area (Å²) >= 11 is 0. The van der Waals surface area contributed by atoms with Crippen molar-refractivity contribution in [3.63, 3.8) is 0 Å². The number of esters is 1. The molecule has 0 atom stereocenters. The first kappa shape index (κ1) is 18.8. The average molecular weight is 352 g/mol. The summed E-state index contributed by atoms with van der Waals surface area (Å²) in [5, 5.41) is 14.2. The van der Waals surface area contributed by atoms with Gasteiger partial charge in [0.25, 0.3) is 0 Å². The zero-order valence-electron chi connectivity index (χ0n) is 14.6. The van der Waals surface area contributed by atoms with Crippen LogP contribution in [0.25, 0.3) is 0 Å². The standard InChI is InChI=1S/C15H24N6O4/c1-3-4-9-25-12(22)10-16-14-13(21(23)24)15(18-11-17-14)20-7-5-19(2)6-8-20/h11H,3-10H2,1-2H3,(H,16,17,18). The van der Waals surface area contributed by atoms with E-state index >= 15 is 0 Å². The van der Waals surface area contributed by atoms with Crippen molar-refractivity contribution < 1.29 is 14.5 Å². The Morgan fingerprint density at radius 1 is 1.36 bits per heavy atom. The lowest BCUT2D eigenvalue weighted by atomic mass is 10.3. The fraction of sp³-hybridized carbons (Fsp3) is 0.667. The summed E-state index contributed by atoms with van der Waals surface area (Å²) in [5.41, 5.74) is -0.214. The van der Waals surface area contributed by atoms with E-state index in [1.165, 1.54) is 6.33 Å². The van der Waals surface area contributed by atoms with Gasteiger partial charge in [0.15, 0.2) is 0 Å². The Kier molecular flexibility index (Phi) is 6.87. The molecule has 0 amide bonds. The third-order valence-electron chi connectivity index (χ3n) is 3.95. The molecular weight excluding hydrogens is 328 g/mol. The fourth-order valence-corrected chi connectivity index (χ4v) is 2.45. The number of hydrogen-bond donors (Lipinski definition) is 1. The highest BCUT2D eigenvalue weighted by Crippen LogP contribution is 2.32. The summed E-state index contributed by atoms with van der Waals surface area (Å²) in [6.45, 7) is 5.05. The number of anilines is 2. The highest BCUT2D eigenvalue weighted by Gasteiger charge is 2.28. The van der Waals surface area contributed by atoms with Gasteiger partial charge in [0.05, 0.1) is 11.5 Å². The predicted octanol–water partition coefficient (Wildman–Crippen LogP) is 0.892. The zero-order chi connectivity index (χ0) is 18.2. The maximum atomic E-state index is 11.7. The average Bonchev–Trinajstić information content (AvgIpc) is 2.60. The molecule has 1 fully saturated rings. The number of likely N-dealkylation sites (N-methyl/N-ethyl adjacent to an activating group) is 1. The van der Waals surface area contributed by atoms with Gasteiger partial charge in [-0.25, -0.2) is 9.97 Å². The van der Waals surface area contributed by atoms with Crippen LogP contribution in [-0.2, 0) is 9.53 Å². The largest absolute Gasteiger partial charge is 0.464 e. The van der Waals surface area contributed by atoms with Gasteiger partial charge in [0, 0.05) is 26.2 Å². The van der Waals surface area contributed by atoms with E-state index in [1.54, 1.807) is 0 Å². The highest BCUT2D eigenvalue weighted by molar-refractivity contribution is 5.78. The molecule has 0 saturated carbocycles. The second kappa shape index (κ2) is 9.11. The summed E-state index contributed by atoms with van der Waals surface area (Å²) in [4.78, 5) is 34.7. The van der Waals surface area contributed by atoms with Crippen LogP contribution in [-0.4, -0.2) is 72.1 Å². The lowest BCUT2D eigenvalue weighted by Crippen LogP contribution is -2.45. The van der Waals surface area contributed by atoms with Crippen molar-refractivity contribution in [3.05, 3.63) is 16.4 Å². The van der Waals surface area contributed by atoms with E-state index in [-0.39, 0.29) is 23.9 Å². The second-order valence-corrected chi connectivity index (χ2v) is 5.87. The number of unbranched alkanes of at least 4 members (excludes halogenated alkanes) is 1. The van der Waals surface area contributed by atoms with Gasteiger partial charge in [-0.3, -0.25) is 14.9 Å². The lowest BCUT2D eigenvalue weighted by Gasteiger charge is -2.32. The summed E-state index contributed by atoms with van der Waals surface area (Å²) in [6.07, 6.45) is 2.98. The Balaban J connectivity index is 2.09. The number of nitrogens with zero attached hydrogens (tertiary/aromatic N) is 5. The van der Waals surface area contributed by atoms with Crippen molar-refractivity contribution in [1.29, 1.82) is 0 Å². The van der Waals surface area contributed by atoms with Crippen LogP contribution in [0, 0.1) is 10.1 Å². The quantitative estimate of drug-likeness (QED) is 0.315. The zero-order valence-corrected chi connectivity index (χ0v) is 14.6. The van der Waals surface area contributed by atoms with Crippen LogP contribution in [0.1, 0.15) is 19.8 Å². The number of aromatic nitrogens is 2. The van der Waals surface area contributed by atoms with Crippen molar-refractivity contribution in [3.8, 4) is 0 Å². The van der Waals surface area contributed by atoms with Crippen LogP contribution in [0.5, 0.6) is 0 Å². The van der Waals surface area contributed by atoms with Gasteiger partial charge in [0.2, 0.25) is 11.6 Å². The van der Waals surface area contributed by atoms with Crippen LogP contribution < -0.4 is 10.2 Å². The minimum atomic E-state index is -0.515. The van der Waals surface area contributed by atoms with Crippen molar-refractivity contribution in [2.24, 2.45) is 0 Å². The number of carbonyl (C=O) groups is 1. The van der Waals surface area contributed by atoms with Crippen LogP contribution in [0.4, 0.5) is 17.3 Å². The highest BCUT2D eigenvalue weighted by atomic mass is 16.6. The first-order valence-electron chi connectivity index (χ1n) is 8.35. The van der Waals surface area contributed by atoms with E-state index in [4.69, 9.17) is 4.74 Å². The topological polar surface area (TPSA) is 114 Å². The van der Waals surface area contributed by atoms with Crippen LogP contribution in [0.3, 0.4) is 0 Å². The Morgan fingerprint density at radius 3 is 2.72 bits per heavy atom. The molecule has 0 aromatic carbocycles. The SMILES string of the molecule is CCCCOC(=O)CNc1ncnc(N2CCN(C)CC2)c1[N+](=O)[O-]. The molecule has 138 valence electrons. The second-order valence-electron chi connectivity index (χ2n) is 5.87. The normalized spacial score (nSPS) is 15.0. The number of ether oxygens (including phenoxy) is 1. The molecule has 1 saturated heterocycles. The molecule has 1 aromatic rings. The van der Waals surface area contributed by atoms with Crippen LogP contribution in [0.2, 0.25) is 0 Å². The molecule has 2 rings (SSSR count). The first-order valence-corrected chi connectivity index (χ1v) is 8.35. The smallest absolute Gasteiger partial charge is 0.353 e. The van der Waals surface area contributed by atoms with E-state index < -0.39 is 10.9 Å². The molecule has 0 unspecified atom stereocenters. The van der Waals surface area contributed by atoms with E-state index in [0.717, 1.165) is 25.9 Å². The van der Waals surface area contributed by atoms with Gasteiger partial charge in [-0.2, -0.15) is 0 Å². The van der Waals surface area contributed by atoms with E-state index in [1.807, 2.05) is 18.9 Å². The van der Waals surface area contributed by atoms with Gasteiger partial charge in [-0.15, -0.1) is 0 Å². The number of nitrogens with one attached hydrogen (secondary N) is 1. The maximum Gasteiger partial charge on any atom is 0.353 e.